The lowest BCUT2D eigenvalue weighted by Crippen LogP contribution is -2.43. The molecule has 3 heterocycles. The molecule has 0 spiro atoms. The summed E-state index contributed by atoms with van der Waals surface area (Å²) in [7, 11) is 0. The molecule has 20 heavy (non-hydrogen) atoms. The highest BCUT2D eigenvalue weighted by Gasteiger charge is 2.17. The van der Waals surface area contributed by atoms with Crippen LogP contribution < -0.4 is 10.2 Å². The first-order chi connectivity index (χ1) is 9.81. The van der Waals surface area contributed by atoms with Crippen molar-refractivity contribution in [2.24, 2.45) is 0 Å². The Morgan fingerprint density at radius 2 is 2.00 bits per heavy atom. The van der Waals surface area contributed by atoms with E-state index < -0.39 is 0 Å². The molecule has 0 amide bonds. The van der Waals surface area contributed by atoms with Gasteiger partial charge < -0.3 is 10.2 Å². The number of nitrogens with zero attached hydrogens (tertiary/aromatic N) is 3. The number of nitrogens with one attached hydrogen (secondary N) is 1. The summed E-state index contributed by atoms with van der Waals surface area (Å²) in [5, 5.41) is 4.40. The van der Waals surface area contributed by atoms with E-state index in [1.807, 2.05) is 26.8 Å². The molecular weight excluding hydrogens is 275 g/mol. The van der Waals surface area contributed by atoms with Crippen LogP contribution in [0.1, 0.15) is 19.4 Å². The second-order valence-corrected chi connectivity index (χ2v) is 5.00. The normalized spacial score (nSPS) is 15.1. The maximum Gasteiger partial charge on any atom is 0.171 e. The van der Waals surface area contributed by atoms with Gasteiger partial charge in [-0.1, -0.05) is 13.8 Å². The predicted molar refractivity (Wildman–Crippen MR) is 85.0 cm³/mol. The van der Waals surface area contributed by atoms with Crippen molar-refractivity contribution in [2.75, 3.05) is 31.1 Å². The molecule has 2 aromatic heterocycles. The van der Waals surface area contributed by atoms with E-state index in [9.17, 15) is 3.89 Å². The van der Waals surface area contributed by atoms with Crippen molar-refractivity contribution in [2.45, 2.75) is 20.8 Å². The Bertz CT molecular complexity index is 564. The molecule has 0 aromatic carbocycles. The molecule has 4 nitrogen and oxygen atoms in total. The van der Waals surface area contributed by atoms with Gasteiger partial charge in [-0.25, -0.2) is 8.96 Å². The lowest BCUT2D eigenvalue weighted by Gasteiger charge is -2.30. The molecule has 1 saturated heterocycles. The standard InChI is InChI=1S/C12H15FN4S.C2H6/c1-9-8-17(18-13)12-11(9)10(2-3-15-12)16-6-4-14-5-7-16;1-2/h2-3,8,14H,4-7H2,1H3;1-2H3. The molecule has 0 radical (unpaired) electrons. The van der Waals surface area contributed by atoms with E-state index in [-0.39, 0.29) is 12.3 Å². The van der Waals surface area contributed by atoms with Crippen LogP contribution in [0.25, 0.3) is 11.0 Å². The fourth-order valence-electron chi connectivity index (χ4n) is 2.51. The van der Waals surface area contributed by atoms with E-state index in [0.717, 1.165) is 42.8 Å². The molecule has 1 fully saturated rings. The van der Waals surface area contributed by atoms with Crippen LogP contribution in [0.15, 0.2) is 18.5 Å². The number of aromatic nitrogens is 2. The van der Waals surface area contributed by atoms with Crippen LogP contribution >= 0.6 is 12.3 Å². The average molecular weight is 296 g/mol. The summed E-state index contributed by atoms with van der Waals surface area (Å²) >= 11 is 0.198. The summed E-state index contributed by atoms with van der Waals surface area (Å²) in [5.41, 5.74) is 2.93. The topological polar surface area (TPSA) is 33.1 Å². The van der Waals surface area contributed by atoms with Crippen LogP contribution in [0, 0.1) is 6.92 Å². The highest BCUT2D eigenvalue weighted by atomic mass is 32.2. The van der Waals surface area contributed by atoms with Crippen molar-refractivity contribution in [1.29, 1.82) is 0 Å². The van der Waals surface area contributed by atoms with Crippen LogP contribution in [0.3, 0.4) is 0 Å². The molecule has 0 saturated carbocycles. The van der Waals surface area contributed by atoms with Crippen molar-refractivity contribution in [3.63, 3.8) is 0 Å². The zero-order valence-corrected chi connectivity index (χ0v) is 13.0. The first-order valence-electron chi connectivity index (χ1n) is 7.02. The summed E-state index contributed by atoms with van der Waals surface area (Å²) in [6.07, 6.45) is 3.56. The van der Waals surface area contributed by atoms with Crippen molar-refractivity contribution in [3.05, 3.63) is 24.0 Å². The summed E-state index contributed by atoms with van der Waals surface area (Å²) in [5.74, 6) is 0. The van der Waals surface area contributed by atoms with E-state index in [4.69, 9.17) is 0 Å². The molecule has 0 bridgehead atoms. The Balaban J connectivity index is 0.000000704. The van der Waals surface area contributed by atoms with E-state index in [1.165, 1.54) is 3.97 Å². The number of hydrogen-bond acceptors (Lipinski definition) is 4. The molecule has 1 aliphatic rings. The monoisotopic (exact) mass is 296 g/mol. The second-order valence-electron chi connectivity index (χ2n) is 4.47. The molecule has 0 aliphatic carbocycles. The first-order valence-corrected chi connectivity index (χ1v) is 7.70. The van der Waals surface area contributed by atoms with Gasteiger partial charge in [-0.3, -0.25) is 0 Å². The molecule has 110 valence electrons. The highest BCUT2D eigenvalue weighted by molar-refractivity contribution is 7.92. The van der Waals surface area contributed by atoms with Gasteiger partial charge >= 0.3 is 0 Å². The Morgan fingerprint density at radius 3 is 2.65 bits per heavy atom. The van der Waals surface area contributed by atoms with Gasteiger partial charge in [0.15, 0.2) is 18.0 Å². The van der Waals surface area contributed by atoms with E-state index in [0.29, 0.717) is 5.65 Å². The van der Waals surface area contributed by atoms with Gasteiger partial charge in [-0.05, 0) is 18.6 Å². The minimum Gasteiger partial charge on any atom is -0.368 e. The second kappa shape index (κ2) is 6.95. The number of halogens is 1. The van der Waals surface area contributed by atoms with E-state index in [1.54, 1.807) is 12.4 Å². The van der Waals surface area contributed by atoms with Gasteiger partial charge in [0.25, 0.3) is 0 Å². The fraction of sp³-hybridized carbons (Fsp3) is 0.500. The van der Waals surface area contributed by atoms with Crippen molar-refractivity contribution >= 4 is 29.1 Å². The highest BCUT2D eigenvalue weighted by Crippen LogP contribution is 2.32. The van der Waals surface area contributed by atoms with Gasteiger partial charge in [-0.2, -0.15) is 0 Å². The number of piperazine rings is 1. The predicted octanol–water partition coefficient (Wildman–Crippen LogP) is 3.16. The molecule has 6 heteroatoms. The zero-order valence-electron chi connectivity index (χ0n) is 12.2. The quantitative estimate of drug-likeness (QED) is 0.923. The number of fused-ring (bicyclic) bond motifs is 1. The van der Waals surface area contributed by atoms with Crippen LogP contribution in [0.2, 0.25) is 0 Å². The summed E-state index contributed by atoms with van der Waals surface area (Å²) in [6, 6.07) is 2.02. The van der Waals surface area contributed by atoms with Crippen LogP contribution in [-0.2, 0) is 0 Å². The Labute approximate surface area is 123 Å². The molecule has 0 atom stereocenters. The smallest absolute Gasteiger partial charge is 0.171 e. The lowest BCUT2D eigenvalue weighted by atomic mass is 10.2. The Hall–Kier alpha value is -1.27. The number of hydrogen-bond donors (Lipinski definition) is 1. The summed E-state index contributed by atoms with van der Waals surface area (Å²) < 4.78 is 14.3. The van der Waals surface area contributed by atoms with Crippen LogP contribution in [-0.4, -0.2) is 35.1 Å². The number of pyridine rings is 1. The SMILES string of the molecule is CC.Cc1cn(SF)c2nccc(N3CCNCC3)c12. The van der Waals surface area contributed by atoms with Crippen molar-refractivity contribution in [1.82, 2.24) is 14.3 Å². The van der Waals surface area contributed by atoms with E-state index >= 15 is 0 Å². The molecule has 2 aromatic rings. The minimum atomic E-state index is 0.198. The maximum atomic E-state index is 12.9. The molecule has 3 rings (SSSR count). The lowest BCUT2D eigenvalue weighted by molar-refractivity contribution is 0.590. The van der Waals surface area contributed by atoms with Crippen LogP contribution in [0.5, 0.6) is 0 Å². The molecule has 0 unspecified atom stereocenters. The van der Waals surface area contributed by atoms with Gasteiger partial charge in [0, 0.05) is 49.6 Å². The first kappa shape index (κ1) is 15.1. The van der Waals surface area contributed by atoms with Gasteiger partial charge in [0.1, 0.15) is 0 Å². The largest absolute Gasteiger partial charge is 0.368 e. The fourth-order valence-corrected chi connectivity index (χ4v) is 2.91. The zero-order chi connectivity index (χ0) is 14.5. The van der Waals surface area contributed by atoms with Crippen LogP contribution in [0.4, 0.5) is 9.57 Å². The average Bonchev–Trinajstić information content (AvgIpc) is 2.87. The minimum absolute atomic E-state index is 0.198. The third-order valence-corrected chi connectivity index (χ3v) is 3.78. The van der Waals surface area contributed by atoms with Gasteiger partial charge in [0.05, 0.1) is 0 Å². The number of rotatable bonds is 2. The van der Waals surface area contributed by atoms with Gasteiger partial charge in [-0.15, -0.1) is 3.89 Å². The van der Waals surface area contributed by atoms with Crippen molar-refractivity contribution in [3.8, 4) is 0 Å². The third-order valence-electron chi connectivity index (χ3n) is 3.35. The van der Waals surface area contributed by atoms with Crippen molar-refractivity contribution < 1.29 is 3.89 Å². The summed E-state index contributed by atoms with van der Waals surface area (Å²) in [6.45, 7) is 9.93. The third kappa shape index (κ3) is 2.76. The molecule has 1 aliphatic heterocycles. The number of aryl methyl sites for hydroxylation is 1. The van der Waals surface area contributed by atoms with Gasteiger partial charge in [0.2, 0.25) is 0 Å². The summed E-state index contributed by atoms with van der Waals surface area (Å²) in [4.78, 5) is 6.62. The Kier molecular flexibility index (Phi) is 5.25. The maximum absolute atomic E-state index is 12.9. The van der Waals surface area contributed by atoms with E-state index in [2.05, 4.69) is 15.2 Å². The molecule has 1 N–H and O–H groups in total. The number of anilines is 1. The molecular formula is C14H21FN4S. The Morgan fingerprint density at radius 1 is 1.30 bits per heavy atom.